The van der Waals surface area contributed by atoms with E-state index in [0.29, 0.717) is 5.56 Å². The quantitative estimate of drug-likeness (QED) is 0.815. The Hall–Kier alpha value is -1.83. The molecule has 4 heteroatoms. The van der Waals surface area contributed by atoms with Gasteiger partial charge in [0.25, 0.3) is 5.91 Å². The van der Waals surface area contributed by atoms with Crippen molar-refractivity contribution in [2.75, 3.05) is 13.7 Å². The maximum Gasteiger partial charge on any atom is 0.251 e. The molecule has 2 rings (SSSR count). The van der Waals surface area contributed by atoms with Crippen LogP contribution in [0.15, 0.2) is 18.2 Å². The van der Waals surface area contributed by atoms with E-state index >= 15 is 0 Å². The molecule has 0 radical (unpaired) electrons. The van der Waals surface area contributed by atoms with E-state index in [1.807, 2.05) is 19.1 Å². The van der Waals surface area contributed by atoms with Crippen LogP contribution in [0.25, 0.3) is 0 Å². The van der Waals surface area contributed by atoms with Crippen molar-refractivity contribution in [1.82, 2.24) is 5.32 Å². The monoisotopic (exact) mass is 273 g/mol. The van der Waals surface area contributed by atoms with Gasteiger partial charge in [-0.1, -0.05) is 17.9 Å². The van der Waals surface area contributed by atoms with Gasteiger partial charge in [0.15, 0.2) is 0 Å². The molecule has 1 aromatic rings. The van der Waals surface area contributed by atoms with Crippen LogP contribution >= 0.6 is 0 Å². The van der Waals surface area contributed by atoms with Gasteiger partial charge in [0.05, 0.1) is 6.10 Å². The zero-order valence-electron chi connectivity index (χ0n) is 11.8. The summed E-state index contributed by atoms with van der Waals surface area (Å²) in [6.07, 6.45) is 2.00. The smallest absolute Gasteiger partial charge is 0.251 e. The first-order chi connectivity index (χ1) is 9.65. The minimum Gasteiger partial charge on any atom is -0.384 e. The average Bonchev–Trinajstić information content (AvgIpc) is 2.41. The van der Waals surface area contributed by atoms with Crippen LogP contribution in [-0.4, -0.2) is 36.9 Å². The summed E-state index contributed by atoms with van der Waals surface area (Å²) in [5.41, 5.74) is 2.25. The van der Waals surface area contributed by atoms with E-state index in [2.05, 4.69) is 17.2 Å². The zero-order valence-corrected chi connectivity index (χ0v) is 11.8. The first-order valence-electron chi connectivity index (χ1n) is 6.68. The number of carbonyl (C=O) groups is 1. The van der Waals surface area contributed by atoms with Crippen molar-refractivity contribution < 1.29 is 14.6 Å². The third kappa shape index (κ3) is 3.19. The van der Waals surface area contributed by atoms with Gasteiger partial charge >= 0.3 is 0 Å². The largest absolute Gasteiger partial charge is 0.384 e. The summed E-state index contributed by atoms with van der Waals surface area (Å²) in [5.74, 6) is 5.39. The zero-order chi connectivity index (χ0) is 14.5. The van der Waals surface area contributed by atoms with Crippen molar-refractivity contribution in [1.29, 1.82) is 0 Å². The lowest BCUT2D eigenvalue weighted by Gasteiger charge is -2.34. The molecule has 0 saturated heterocycles. The maximum atomic E-state index is 12.2. The van der Waals surface area contributed by atoms with Gasteiger partial charge in [-0.15, -0.1) is 0 Å². The molecule has 4 nitrogen and oxygen atoms in total. The molecular formula is C16H19NO3. The number of aliphatic hydroxyl groups is 1. The van der Waals surface area contributed by atoms with Crippen molar-refractivity contribution in [2.24, 2.45) is 0 Å². The molecule has 0 atom stereocenters. The summed E-state index contributed by atoms with van der Waals surface area (Å²) < 4.78 is 5.20. The summed E-state index contributed by atoms with van der Waals surface area (Å²) in [6, 6.07) is 5.64. The van der Waals surface area contributed by atoms with E-state index in [4.69, 9.17) is 9.84 Å². The van der Waals surface area contributed by atoms with Crippen LogP contribution in [0.5, 0.6) is 0 Å². The number of hydrogen-bond acceptors (Lipinski definition) is 3. The van der Waals surface area contributed by atoms with Crippen molar-refractivity contribution in [2.45, 2.75) is 31.9 Å². The molecule has 0 aliphatic heterocycles. The van der Waals surface area contributed by atoms with Gasteiger partial charge in [0.2, 0.25) is 0 Å². The standard InChI is InChI=1S/C16H19NO3/c1-11-12(6-4-8-18)5-3-7-15(11)16(19)17-13-9-14(10-13)20-2/h3,5,7,13-14,18H,8-10H2,1-2H3,(H,17,19). The second-order valence-corrected chi connectivity index (χ2v) is 4.94. The topological polar surface area (TPSA) is 58.6 Å². The lowest BCUT2D eigenvalue weighted by atomic mass is 9.89. The predicted molar refractivity (Wildman–Crippen MR) is 76.4 cm³/mol. The van der Waals surface area contributed by atoms with Gasteiger partial charge in [-0.25, -0.2) is 0 Å². The van der Waals surface area contributed by atoms with Crippen molar-refractivity contribution in [3.05, 3.63) is 34.9 Å². The number of amides is 1. The summed E-state index contributed by atoms with van der Waals surface area (Å²) >= 11 is 0. The molecular weight excluding hydrogens is 254 g/mol. The van der Waals surface area contributed by atoms with E-state index in [9.17, 15) is 4.79 Å². The van der Waals surface area contributed by atoms with Gasteiger partial charge < -0.3 is 15.2 Å². The highest BCUT2D eigenvalue weighted by Gasteiger charge is 2.30. The Bertz CT molecular complexity index is 551. The van der Waals surface area contributed by atoms with Crippen LogP contribution in [0.4, 0.5) is 0 Å². The Morgan fingerprint density at radius 2 is 2.25 bits per heavy atom. The Labute approximate surface area is 119 Å². The Kier molecular flexibility index (Phi) is 4.78. The van der Waals surface area contributed by atoms with E-state index in [-0.39, 0.29) is 24.7 Å². The number of nitrogens with one attached hydrogen (secondary N) is 1. The second-order valence-electron chi connectivity index (χ2n) is 4.94. The molecule has 0 heterocycles. The summed E-state index contributed by atoms with van der Waals surface area (Å²) in [4.78, 5) is 12.2. The fraction of sp³-hybridized carbons (Fsp3) is 0.438. The number of ether oxygens (including phenoxy) is 1. The van der Waals surface area contributed by atoms with E-state index in [0.717, 1.165) is 24.0 Å². The molecule has 1 aliphatic rings. The van der Waals surface area contributed by atoms with Crippen molar-refractivity contribution >= 4 is 5.91 Å². The maximum absolute atomic E-state index is 12.2. The number of methoxy groups -OCH3 is 1. The van der Waals surface area contributed by atoms with Crippen LogP contribution < -0.4 is 5.32 Å². The number of rotatable bonds is 3. The van der Waals surface area contributed by atoms with Crippen LogP contribution in [0.2, 0.25) is 0 Å². The van der Waals surface area contributed by atoms with Crippen LogP contribution in [0, 0.1) is 18.8 Å². The number of hydrogen-bond donors (Lipinski definition) is 2. The molecule has 1 aliphatic carbocycles. The second kappa shape index (κ2) is 6.56. The normalized spacial score (nSPS) is 20.6. The molecule has 20 heavy (non-hydrogen) atoms. The molecule has 1 aromatic carbocycles. The van der Waals surface area contributed by atoms with Crippen LogP contribution in [0.1, 0.15) is 34.3 Å². The Morgan fingerprint density at radius 3 is 2.90 bits per heavy atom. The van der Waals surface area contributed by atoms with E-state index < -0.39 is 0 Å². The van der Waals surface area contributed by atoms with Gasteiger partial charge in [0.1, 0.15) is 6.61 Å². The lowest BCUT2D eigenvalue weighted by molar-refractivity contribution is 0.0176. The summed E-state index contributed by atoms with van der Waals surface area (Å²) in [5, 5.41) is 11.7. The molecule has 1 amide bonds. The third-order valence-corrected chi connectivity index (χ3v) is 3.64. The summed E-state index contributed by atoms with van der Waals surface area (Å²) in [7, 11) is 1.69. The molecule has 2 N–H and O–H groups in total. The van der Waals surface area contributed by atoms with Crippen molar-refractivity contribution in [3.63, 3.8) is 0 Å². The Balaban J connectivity index is 2.06. The van der Waals surface area contributed by atoms with Gasteiger partial charge in [-0.05, 0) is 37.5 Å². The molecule has 106 valence electrons. The SMILES string of the molecule is COC1CC(NC(=O)c2cccc(C#CCO)c2C)C1. The summed E-state index contributed by atoms with van der Waals surface area (Å²) in [6.45, 7) is 1.69. The Morgan fingerprint density at radius 1 is 1.50 bits per heavy atom. The van der Waals surface area contributed by atoms with Crippen molar-refractivity contribution in [3.8, 4) is 11.8 Å². The predicted octanol–water partition coefficient (Wildman–Crippen LogP) is 1.25. The van der Waals surface area contributed by atoms with Crippen LogP contribution in [-0.2, 0) is 4.74 Å². The number of aliphatic hydroxyl groups excluding tert-OH is 1. The van der Waals surface area contributed by atoms with Crippen LogP contribution in [0.3, 0.4) is 0 Å². The number of carbonyl (C=O) groups excluding carboxylic acids is 1. The molecule has 0 spiro atoms. The lowest BCUT2D eigenvalue weighted by Crippen LogP contribution is -2.47. The number of benzene rings is 1. The highest BCUT2D eigenvalue weighted by atomic mass is 16.5. The first kappa shape index (κ1) is 14.6. The van der Waals surface area contributed by atoms with E-state index in [1.165, 1.54) is 0 Å². The minimum atomic E-state index is -0.184. The fourth-order valence-electron chi connectivity index (χ4n) is 2.29. The minimum absolute atomic E-state index is 0.0744. The highest BCUT2D eigenvalue weighted by molar-refractivity contribution is 5.96. The molecule has 0 unspecified atom stereocenters. The molecule has 0 bridgehead atoms. The van der Waals surface area contributed by atoms with E-state index in [1.54, 1.807) is 13.2 Å². The first-order valence-corrected chi connectivity index (χ1v) is 6.68. The molecule has 1 fully saturated rings. The van der Waals surface area contributed by atoms with Gasteiger partial charge in [-0.2, -0.15) is 0 Å². The highest BCUT2D eigenvalue weighted by Crippen LogP contribution is 2.23. The third-order valence-electron chi connectivity index (χ3n) is 3.64. The van der Waals surface area contributed by atoms with Gasteiger partial charge in [0, 0.05) is 24.3 Å². The molecule has 1 saturated carbocycles. The average molecular weight is 273 g/mol. The van der Waals surface area contributed by atoms with Gasteiger partial charge in [-0.3, -0.25) is 4.79 Å². The molecule has 0 aromatic heterocycles. The fourth-order valence-corrected chi connectivity index (χ4v) is 2.29.